The number of carbonyl (C=O) groups is 2. The van der Waals surface area contributed by atoms with Crippen LogP contribution in [0.25, 0.3) is 0 Å². The summed E-state index contributed by atoms with van der Waals surface area (Å²) in [6.07, 6.45) is 0.492. The fraction of sp³-hybridized carbons (Fsp3) is 0.417. The molecule has 6 heteroatoms. The first-order valence-electron chi connectivity index (χ1n) is 10.2. The molecule has 0 fully saturated rings. The molecular formula is C24H31ClN2O3. The van der Waals surface area contributed by atoms with Crippen molar-refractivity contribution in [2.24, 2.45) is 0 Å². The number of nitrogens with zero attached hydrogens (tertiary/aromatic N) is 1. The number of amides is 2. The molecule has 30 heavy (non-hydrogen) atoms. The van der Waals surface area contributed by atoms with Crippen LogP contribution in [0.2, 0.25) is 5.02 Å². The Morgan fingerprint density at radius 1 is 1.10 bits per heavy atom. The number of hydrogen-bond donors (Lipinski definition) is 1. The zero-order chi connectivity index (χ0) is 22.3. The smallest absolute Gasteiger partial charge is 0.261 e. The molecule has 0 spiro atoms. The van der Waals surface area contributed by atoms with Crippen LogP contribution in [0.4, 0.5) is 0 Å². The van der Waals surface area contributed by atoms with Crippen LogP contribution in [-0.2, 0) is 16.1 Å². The normalized spacial score (nSPS) is 12.2. The predicted molar refractivity (Wildman–Crippen MR) is 121 cm³/mol. The van der Waals surface area contributed by atoms with E-state index in [-0.39, 0.29) is 18.4 Å². The molecule has 162 valence electrons. The largest absolute Gasteiger partial charge is 0.482 e. The van der Waals surface area contributed by atoms with E-state index in [2.05, 4.69) is 5.32 Å². The summed E-state index contributed by atoms with van der Waals surface area (Å²) in [5.41, 5.74) is 1.66. The minimum Gasteiger partial charge on any atom is -0.482 e. The standard InChI is InChI=1S/C24H31ClN2O3/c1-6-20(23(29)26-24(3,4)5)27(15-18-12-8-7-11-17(18)2)22(28)16-30-21-14-10-9-13-19(21)25/h7-14,20H,6,15-16H2,1-5H3,(H,26,29)/t20-/m0/s1. The third-order valence-corrected chi connectivity index (χ3v) is 4.99. The fourth-order valence-electron chi connectivity index (χ4n) is 3.13. The van der Waals surface area contributed by atoms with Crippen molar-refractivity contribution in [3.63, 3.8) is 0 Å². The quantitative estimate of drug-likeness (QED) is 0.657. The first-order chi connectivity index (χ1) is 14.1. The number of rotatable bonds is 8. The van der Waals surface area contributed by atoms with Crippen molar-refractivity contribution in [2.75, 3.05) is 6.61 Å². The molecule has 2 rings (SSSR count). The molecule has 0 aliphatic carbocycles. The van der Waals surface area contributed by atoms with Gasteiger partial charge in [0.1, 0.15) is 11.8 Å². The van der Waals surface area contributed by atoms with Crippen molar-refractivity contribution < 1.29 is 14.3 Å². The van der Waals surface area contributed by atoms with Crippen LogP contribution >= 0.6 is 11.6 Å². The van der Waals surface area contributed by atoms with Gasteiger partial charge in [-0.2, -0.15) is 0 Å². The van der Waals surface area contributed by atoms with Gasteiger partial charge in [0.2, 0.25) is 5.91 Å². The minimum atomic E-state index is -0.605. The van der Waals surface area contributed by atoms with E-state index in [1.165, 1.54) is 0 Å². The van der Waals surface area contributed by atoms with Crippen molar-refractivity contribution in [1.82, 2.24) is 10.2 Å². The van der Waals surface area contributed by atoms with Gasteiger partial charge in [-0.05, 0) is 57.4 Å². The van der Waals surface area contributed by atoms with Crippen molar-refractivity contribution >= 4 is 23.4 Å². The minimum absolute atomic E-state index is 0.176. The molecule has 0 saturated heterocycles. The second-order valence-electron chi connectivity index (χ2n) is 8.33. The Morgan fingerprint density at radius 3 is 2.33 bits per heavy atom. The number of aryl methyl sites for hydroxylation is 1. The highest BCUT2D eigenvalue weighted by atomic mass is 35.5. The van der Waals surface area contributed by atoms with Crippen LogP contribution in [-0.4, -0.2) is 34.9 Å². The molecule has 1 N–H and O–H groups in total. The Balaban J connectivity index is 2.27. The Labute approximate surface area is 184 Å². The molecule has 0 unspecified atom stereocenters. The number of benzene rings is 2. The lowest BCUT2D eigenvalue weighted by Gasteiger charge is -2.33. The third kappa shape index (κ3) is 6.77. The lowest BCUT2D eigenvalue weighted by molar-refractivity contribution is -0.143. The molecule has 0 bridgehead atoms. The number of hydrogen-bond acceptors (Lipinski definition) is 3. The van der Waals surface area contributed by atoms with Crippen LogP contribution in [0.1, 0.15) is 45.2 Å². The summed E-state index contributed by atoms with van der Waals surface area (Å²) in [6.45, 7) is 9.79. The van der Waals surface area contributed by atoms with Crippen molar-refractivity contribution in [3.05, 3.63) is 64.7 Å². The predicted octanol–water partition coefficient (Wildman–Crippen LogP) is 4.75. The second-order valence-corrected chi connectivity index (χ2v) is 8.74. The number of para-hydroxylation sites is 1. The maximum absolute atomic E-state index is 13.2. The monoisotopic (exact) mass is 430 g/mol. The van der Waals surface area contributed by atoms with Crippen molar-refractivity contribution in [3.8, 4) is 5.75 Å². The highest BCUT2D eigenvalue weighted by molar-refractivity contribution is 6.32. The van der Waals surface area contributed by atoms with Gasteiger partial charge in [-0.1, -0.05) is 54.9 Å². The van der Waals surface area contributed by atoms with Gasteiger partial charge in [0.05, 0.1) is 5.02 Å². The van der Waals surface area contributed by atoms with E-state index >= 15 is 0 Å². The molecule has 0 saturated carbocycles. The molecule has 0 heterocycles. The van der Waals surface area contributed by atoms with Gasteiger partial charge in [0.15, 0.2) is 6.61 Å². The lowest BCUT2D eigenvalue weighted by atomic mass is 10.0. The third-order valence-electron chi connectivity index (χ3n) is 4.67. The molecular weight excluding hydrogens is 400 g/mol. The Bertz CT molecular complexity index is 877. The first-order valence-corrected chi connectivity index (χ1v) is 10.5. The molecule has 2 aromatic rings. The van der Waals surface area contributed by atoms with Crippen molar-refractivity contribution in [1.29, 1.82) is 0 Å². The zero-order valence-corrected chi connectivity index (χ0v) is 19.1. The average molecular weight is 431 g/mol. The molecule has 2 aromatic carbocycles. The van der Waals surface area contributed by atoms with Crippen molar-refractivity contribution in [2.45, 2.75) is 59.2 Å². The summed E-state index contributed by atoms with van der Waals surface area (Å²) in [5, 5.41) is 3.43. The number of carbonyl (C=O) groups excluding carboxylic acids is 2. The highest BCUT2D eigenvalue weighted by Crippen LogP contribution is 2.23. The fourth-order valence-corrected chi connectivity index (χ4v) is 3.32. The lowest BCUT2D eigenvalue weighted by Crippen LogP contribution is -2.54. The topological polar surface area (TPSA) is 58.6 Å². The summed E-state index contributed by atoms with van der Waals surface area (Å²) in [6, 6.07) is 14.3. The van der Waals surface area contributed by atoms with Crippen LogP contribution in [0.15, 0.2) is 48.5 Å². The van der Waals surface area contributed by atoms with E-state index in [0.29, 0.717) is 23.7 Å². The Kier molecular flexibility index (Phi) is 8.30. The van der Waals surface area contributed by atoms with Gasteiger partial charge in [0.25, 0.3) is 5.91 Å². The second kappa shape index (κ2) is 10.5. The summed E-state index contributed by atoms with van der Waals surface area (Å²) >= 11 is 6.14. The van der Waals surface area contributed by atoms with E-state index in [9.17, 15) is 9.59 Å². The van der Waals surface area contributed by atoms with E-state index in [1.807, 2.05) is 58.9 Å². The number of nitrogens with one attached hydrogen (secondary N) is 1. The molecule has 5 nitrogen and oxygen atoms in total. The number of halogens is 1. The Hall–Kier alpha value is -2.53. The maximum atomic E-state index is 13.2. The van der Waals surface area contributed by atoms with Gasteiger partial charge in [-0.3, -0.25) is 9.59 Å². The molecule has 0 aliphatic heterocycles. The van der Waals surface area contributed by atoms with Gasteiger partial charge < -0.3 is 15.0 Å². The zero-order valence-electron chi connectivity index (χ0n) is 18.4. The van der Waals surface area contributed by atoms with E-state index in [1.54, 1.807) is 29.2 Å². The van der Waals surface area contributed by atoms with E-state index < -0.39 is 11.6 Å². The van der Waals surface area contributed by atoms with Crippen LogP contribution in [0.3, 0.4) is 0 Å². The summed E-state index contributed by atoms with van der Waals surface area (Å²) in [7, 11) is 0. The maximum Gasteiger partial charge on any atom is 0.261 e. The summed E-state index contributed by atoms with van der Waals surface area (Å²) in [4.78, 5) is 27.8. The Morgan fingerprint density at radius 2 is 1.73 bits per heavy atom. The molecule has 0 radical (unpaired) electrons. The highest BCUT2D eigenvalue weighted by Gasteiger charge is 2.31. The molecule has 0 aliphatic rings. The summed E-state index contributed by atoms with van der Waals surface area (Å²) in [5.74, 6) is -0.00527. The van der Waals surface area contributed by atoms with Crippen LogP contribution in [0.5, 0.6) is 5.75 Å². The molecule has 1 atom stereocenters. The van der Waals surface area contributed by atoms with Gasteiger partial charge in [-0.25, -0.2) is 0 Å². The van der Waals surface area contributed by atoms with Gasteiger partial charge in [-0.15, -0.1) is 0 Å². The van der Waals surface area contributed by atoms with Crippen LogP contribution < -0.4 is 10.1 Å². The van der Waals surface area contributed by atoms with Gasteiger partial charge in [0, 0.05) is 12.1 Å². The van der Waals surface area contributed by atoms with Crippen LogP contribution in [0, 0.1) is 6.92 Å². The summed E-state index contributed by atoms with van der Waals surface area (Å²) < 4.78 is 5.67. The SMILES string of the molecule is CC[C@@H](C(=O)NC(C)(C)C)N(Cc1ccccc1C)C(=O)COc1ccccc1Cl. The number of ether oxygens (including phenoxy) is 1. The van der Waals surface area contributed by atoms with E-state index in [0.717, 1.165) is 11.1 Å². The molecule has 0 aromatic heterocycles. The van der Waals surface area contributed by atoms with Gasteiger partial charge >= 0.3 is 0 Å². The average Bonchev–Trinajstić information content (AvgIpc) is 2.67. The first kappa shape index (κ1) is 23.7. The molecule has 2 amide bonds. The van der Waals surface area contributed by atoms with E-state index in [4.69, 9.17) is 16.3 Å².